The minimum Gasteiger partial charge on any atom is -0.369 e. The van der Waals surface area contributed by atoms with Crippen LogP contribution in [0.15, 0.2) is 52.9 Å². The first-order chi connectivity index (χ1) is 13.1. The maximum Gasteiger partial charge on any atom is 0.259 e. The van der Waals surface area contributed by atoms with E-state index in [9.17, 15) is 4.79 Å². The van der Waals surface area contributed by atoms with Crippen molar-refractivity contribution in [3.05, 3.63) is 80.8 Å². The van der Waals surface area contributed by atoms with Gasteiger partial charge >= 0.3 is 0 Å². The maximum atomic E-state index is 13.2. The van der Waals surface area contributed by atoms with Crippen LogP contribution >= 0.6 is 0 Å². The largest absolute Gasteiger partial charge is 0.369 e. The summed E-state index contributed by atoms with van der Waals surface area (Å²) in [6.07, 6.45) is 9.74. The van der Waals surface area contributed by atoms with Gasteiger partial charge in [-0.25, -0.2) is 4.98 Å². The summed E-state index contributed by atoms with van der Waals surface area (Å²) in [6, 6.07) is 8.08. The second-order valence-corrected chi connectivity index (χ2v) is 7.43. The number of aryl methyl sites for hydroxylation is 1. The number of nitrogens with zero attached hydrogens (tertiary/aromatic N) is 3. The highest BCUT2D eigenvalue weighted by Gasteiger charge is 2.23. The molecule has 0 saturated carbocycles. The minimum atomic E-state index is -0.00128. The Bertz CT molecular complexity index is 971. The summed E-state index contributed by atoms with van der Waals surface area (Å²) >= 11 is 0. The number of fused-ring (bicyclic) bond motifs is 1. The van der Waals surface area contributed by atoms with Gasteiger partial charge in [0.25, 0.3) is 5.56 Å². The highest BCUT2D eigenvalue weighted by atomic mass is 16.1. The second kappa shape index (κ2) is 7.53. The van der Waals surface area contributed by atoms with Gasteiger partial charge in [-0.2, -0.15) is 0 Å². The van der Waals surface area contributed by atoms with E-state index in [0.29, 0.717) is 19.0 Å². The van der Waals surface area contributed by atoms with Crippen molar-refractivity contribution in [1.82, 2.24) is 14.5 Å². The smallest absolute Gasteiger partial charge is 0.259 e. The summed E-state index contributed by atoms with van der Waals surface area (Å²) in [4.78, 5) is 20.1. The standard InChI is InChI=1S/C22H26N4O/c1-16-7-5-6-10-18(16)14-26-21(27)19-15-25(12-11-20(19)24-22(26)23)13-17-8-3-2-4-9-17/h3,5-10H,2,4,11-15H2,1H3,(H2,23,24). The molecule has 2 heterocycles. The average molecular weight is 362 g/mol. The van der Waals surface area contributed by atoms with Crippen molar-refractivity contribution in [3.63, 3.8) is 0 Å². The molecule has 1 aromatic carbocycles. The molecular weight excluding hydrogens is 336 g/mol. The van der Waals surface area contributed by atoms with Gasteiger partial charge in [-0.15, -0.1) is 0 Å². The molecule has 1 aliphatic heterocycles. The van der Waals surface area contributed by atoms with Crippen LogP contribution in [-0.2, 0) is 19.5 Å². The van der Waals surface area contributed by atoms with E-state index in [1.165, 1.54) is 5.57 Å². The van der Waals surface area contributed by atoms with Crippen molar-refractivity contribution < 1.29 is 0 Å². The summed E-state index contributed by atoms with van der Waals surface area (Å²) < 4.78 is 1.62. The van der Waals surface area contributed by atoms with Crippen LogP contribution in [0.25, 0.3) is 0 Å². The van der Waals surface area contributed by atoms with Crippen molar-refractivity contribution in [3.8, 4) is 0 Å². The Balaban J connectivity index is 1.61. The molecule has 0 unspecified atom stereocenters. The van der Waals surface area contributed by atoms with E-state index in [1.807, 2.05) is 18.2 Å². The first kappa shape index (κ1) is 17.7. The van der Waals surface area contributed by atoms with E-state index in [4.69, 9.17) is 5.73 Å². The van der Waals surface area contributed by atoms with Crippen molar-refractivity contribution in [2.75, 3.05) is 18.8 Å². The number of allylic oxidation sites excluding steroid dienone is 2. The molecule has 0 saturated heterocycles. The van der Waals surface area contributed by atoms with Gasteiger partial charge in [0.15, 0.2) is 0 Å². The van der Waals surface area contributed by atoms with E-state index in [0.717, 1.165) is 54.7 Å². The molecule has 2 aromatic rings. The van der Waals surface area contributed by atoms with E-state index in [-0.39, 0.29) is 5.56 Å². The molecule has 140 valence electrons. The third-order valence-corrected chi connectivity index (χ3v) is 5.49. The molecular formula is C22H26N4O. The number of hydrogen-bond donors (Lipinski definition) is 1. The molecule has 1 aromatic heterocycles. The topological polar surface area (TPSA) is 64.2 Å². The number of nitrogen functional groups attached to an aromatic ring is 1. The molecule has 0 amide bonds. The molecule has 27 heavy (non-hydrogen) atoms. The Hall–Kier alpha value is -2.66. The number of benzene rings is 1. The monoisotopic (exact) mass is 362 g/mol. The van der Waals surface area contributed by atoms with Gasteiger partial charge in [0, 0.05) is 26.1 Å². The predicted octanol–water partition coefficient (Wildman–Crippen LogP) is 2.82. The maximum absolute atomic E-state index is 13.2. The Labute approximate surface area is 159 Å². The molecule has 2 N–H and O–H groups in total. The number of rotatable bonds is 4. The number of aromatic nitrogens is 2. The van der Waals surface area contributed by atoms with Crippen LogP contribution in [0.3, 0.4) is 0 Å². The van der Waals surface area contributed by atoms with Gasteiger partial charge < -0.3 is 5.73 Å². The highest BCUT2D eigenvalue weighted by Crippen LogP contribution is 2.19. The van der Waals surface area contributed by atoms with Crippen LogP contribution in [0.1, 0.15) is 35.2 Å². The van der Waals surface area contributed by atoms with Crippen LogP contribution in [0.4, 0.5) is 5.95 Å². The van der Waals surface area contributed by atoms with Crippen LogP contribution < -0.4 is 11.3 Å². The van der Waals surface area contributed by atoms with E-state index >= 15 is 0 Å². The van der Waals surface area contributed by atoms with E-state index in [2.05, 4.69) is 41.1 Å². The summed E-state index contributed by atoms with van der Waals surface area (Å²) in [5, 5.41) is 0. The summed E-state index contributed by atoms with van der Waals surface area (Å²) in [5.74, 6) is 0.313. The second-order valence-electron chi connectivity index (χ2n) is 7.43. The van der Waals surface area contributed by atoms with Crippen molar-refractivity contribution in [1.29, 1.82) is 0 Å². The lowest BCUT2D eigenvalue weighted by Crippen LogP contribution is -2.39. The summed E-state index contributed by atoms with van der Waals surface area (Å²) in [5.41, 5.74) is 11.4. The van der Waals surface area contributed by atoms with Gasteiger partial charge in [-0.05, 0) is 36.5 Å². The zero-order valence-electron chi connectivity index (χ0n) is 15.8. The molecule has 0 radical (unpaired) electrons. The van der Waals surface area contributed by atoms with Crippen LogP contribution in [-0.4, -0.2) is 27.5 Å². The first-order valence-electron chi connectivity index (χ1n) is 9.62. The van der Waals surface area contributed by atoms with Gasteiger partial charge in [-0.3, -0.25) is 14.3 Å². The third-order valence-electron chi connectivity index (χ3n) is 5.49. The zero-order chi connectivity index (χ0) is 18.8. The molecule has 0 bridgehead atoms. The van der Waals surface area contributed by atoms with Crippen molar-refractivity contribution >= 4 is 5.95 Å². The fourth-order valence-corrected chi connectivity index (χ4v) is 3.88. The number of nitrogens with two attached hydrogens (primary N) is 1. The predicted molar refractivity (Wildman–Crippen MR) is 109 cm³/mol. The number of hydrogen-bond acceptors (Lipinski definition) is 4. The summed E-state index contributed by atoms with van der Waals surface area (Å²) in [7, 11) is 0. The van der Waals surface area contributed by atoms with Crippen molar-refractivity contribution in [2.45, 2.75) is 39.3 Å². The Morgan fingerprint density at radius 1 is 1.19 bits per heavy atom. The highest BCUT2D eigenvalue weighted by molar-refractivity contribution is 5.33. The van der Waals surface area contributed by atoms with Gasteiger partial charge in [0.2, 0.25) is 5.95 Å². The minimum absolute atomic E-state index is 0.00128. The molecule has 4 rings (SSSR count). The quantitative estimate of drug-likeness (QED) is 0.908. The molecule has 0 fully saturated rings. The average Bonchev–Trinajstić information content (AvgIpc) is 2.68. The molecule has 2 aliphatic rings. The molecule has 5 nitrogen and oxygen atoms in total. The summed E-state index contributed by atoms with van der Waals surface area (Å²) in [6.45, 7) is 4.95. The molecule has 1 aliphatic carbocycles. The molecule has 5 heteroatoms. The van der Waals surface area contributed by atoms with Gasteiger partial charge in [-0.1, -0.05) is 42.5 Å². The van der Waals surface area contributed by atoms with Crippen LogP contribution in [0, 0.1) is 6.92 Å². The molecule has 0 spiro atoms. The van der Waals surface area contributed by atoms with E-state index in [1.54, 1.807) is 4.57 Å². The zero-order valence-corrected chi connectivity index (χ0v) is 15.8. The SMILES string of the molecule is Cc1ccccc1Cn1c(N)nc2c(c1=O)CN(CC1=CCCC=C1)CC2. The Morgan fingerprint density at radius 3 is 2.81 bits per heavy atom. The van der Waals surface area contributed by atoms with Crippen LogP contribution in [0.2, 0.25) is 0 Å². The lowest BCUT2D eigenvalue weighted by Gasteiger charge is -2.29. The van der Waals surface area contributed by atoms with Crippen LogP contribution in [0.5, 0.6) is 0 Å². The lowest BCUT2D eigenvalue weighted by atomic mass is 10.0. The van der Waals surface area contributed by atoms with Crippen molar-refractivity contribution in [2.24, 2.45) is 0 Å². The third kappa shape index (κ3) is 3.74. The van der Waals surface area contributed by atoms with Gasteiger partial charge in [0.1, 0.15) is 0 Å². The normalized spacial score (nSPS) is 16.9. The fourth-order valence-electron chi connectivity index (χ4n) is 3.88. The number of anilines is 1. The lowest BCUT2D eigenvalue weighted by molar-refractivity contribution is 0.272. The first-order valence-corrected chi connectivity index (χ1v) is 9.62. The molecule has 0 atom stereocenters. The fraction of sp³-hybridized carbons (Fsp3) is 0.364. The Morgan fingerprint density at radius 2 is 2.04 bits per heavy atom. The van der Waals surface area contributed by atoms with E-state index < -0.39 is 0 Å². The Kier molecular flexibility index (Phi) is 4.94. The van der Waals surface area contributed by atoms with Gasteiger partial charge in [0.05, 0.1) is 17.8 Å².